The third kappa shape index (κ3) is 2.90. The van der Waals surface area contributed by atoms with Crippen molar-refractivity contribution in [2.24, 2.45) is 29.6 Å². The number of hydrogen-bond donors (Lipinski definition) is 1. The van der Waals surface area contributed by atoms with Gasteiger partial charge in [0.2, 0.25) is 11.8 Å². The molecule has 3 aromatic rings. The number of benzene rings is 2. The molecule has 2 amide bonds. The van der Waals surface area contributed by atoms with Gasteiger partial charge in [0.25, 0.3) is 0 Å². The predicted molar refractivity (Wildman–Crippen MR) is 137 cm³/mol. The number of anilines is 1. The minimum Gasteiger partial charge on any atom is -0.493 e. The molecule has 36 heavy (non-hydrogen) atoms. The summed E-state index contributed by atoms with van der Waals surface area (Å²) in [6.07, 6.45) is 0.862. The number of rotatable bonds is 4. The number of thioether (sulfide) groups is 1. The fourth-order valence-electron chi connectivity index (χ4n) is 7.27. The Balaban J connectivity index is 1.34. The Morgan fingerprint density at radius 2 is 1.64 bits per heavy atom. The topological polar surface area (TPSA) is 88.7 Å². The molecule has 184 valence electrons. The van der Waals surface area contributed by atoms with Gasteiger partial charge in [-0.25, -0.2) is 0 Å². The maximum Gasteiger partial charge on any atom is 0.305 e. The quantitative estimate of drug-likeness (QED) is 0.521. The molecule has 2 aliphatic heterocycles. The van der Waals surface area contributed by atoms with Crippen LogP contribution in [0, 0.1) is 29.6 Å². The number of hydrogen-bond acceptors (Lipinski definition) is 7. The fraction of sp³-hybridized carbons (Fsp3) is 0.370. The Labute approximate surface area is 215 Å². The van der Waals surface area contributed by atoms with Crippen LogP contribution in [0.15, 0.2) is 58.4 Å². The van der Waals surface area contributed by atoms with Crippen LogP contribution in [0.5, 0.6) is 11.5 Å². The van der Waals surface area contributed by atoms with Crippen LogP contribution < -0.4 is 19.2 Å². The summed E-state index contributed by atoms with van der Waals surface area (Å²) in [5, 5.41) is 1.05. The molecule has 7 rings (SSSR count). The first kappa shape index (κ1) is 22.2. The van der Waals surface area contributed by atoms with E-state index < -0.39 is 0 Å². The molecule has 2 bridgehead atoms. The normalized spacial score (nSPS) is 31.8. The van der Waals surface area contributed by atoms with Crippen molar-refractivity contribution in [2.75, 3.05) is 19.1 Å². The molecule has 4 aliphatic rings. The van der Waals surface area contributed by atoms with Crippen LogP contribution in [0.4, 0.5) is 5.69 Å². The molecule has 1 N–H and O–H groups in total. The van der Waals surface area contributed by atoms with Crippen molar-refractivity contribution in [3.63, 3.8) is 0 Å². The summed E-state index contributed by atoms with van der Waals surface area (Å²) in [4.78, 5) is 45.2. The minimum atomic E-state index is -0.315. The molecule has 7 nitrogen and oxygen atoms in total. The van der Waals surface area contributed by atoms with E-state index in [0.29, 0.717) is 17.2 Å². The molecule has 2 aliphatic carbocycles. The summed E-state index contributed by atoms with van der Waals surface area (Å²) in [6.45, 7) is 0. The van der Waals surface area contributed by atoms with Crippen molar-refractivity contribution in [3.05, 3.63) is 68.6 Å². The van der Waals surface area contributed by atoms with E-state index in [-0.39, 0.29) is 57.4 Å². The molecular weight excluding hydrogens is 496 g/mol. The lowest BCUT2D eigenvalue weighted by Crippen LogP contribution is -2.42. The van der Waals surface area contributed by atoms with Gasteiger partial charge >= 0.3 is 4.87 Å². The van der Waals surface area contributed by atoms with Crippen LogP contribution in [0.1, 0.15) is 22.8 Å². The zero-order valence-electron chi connectivity index (χ0n) is 19.7. The van der Waals surface area contributed by atoms with Gasteiger partial charge in [0.1, 0.15) is 0 Å². The van der Waals surface area contributed by atoms with Gasteiger partial charge < -0.3 is 14.5 Å². The average molecular weight is 521 g/mol. The Morgan fingerprint density at radius 3 is 2.36 bits per heavy atom. The van der Waals surface area contributed by atoms with E-state index in [0.717, 1.165) is 21.9 Å². The third-order valence-electron chi connectivity index (χ3n) is 8.51. The number of fused-ring (bicyclic) bond motifs is 9. The van der Waals surface area contributed by atoms with Crippen molar-refractivity contribution >= 4 is 40.6 Å². The van der Waals surface area contributed by atoms with Gasteiger partial charge in [-0.05, 0) is 54.0 Å². The zero-order valence-corrected chi connectivity index (χ0v) is 21.3. The van der Waals surface area contributed by atoms with Gasteiger partial charge in [0.15, 0.2) is 11.5 Å². The predicted octanol–water partition coefficient (Wildman–Crippen LogP) is 4.13. The van der Waals surface area contributed by atoms with Gasteiger partial charge in [0, 0.05) is 16.0 Å². The second-order valence-electron chi connectivity index (χ2n) is 9.92. The summed E-state index contributed by atoms with van der Waals surface area (Å²) in [7, 11) is 3.22. The maximum absolute atomic E-state index is 13.7. The summed E-state index contributed by atoms with van der Waals surface area (Å²) in [5.41, 5.74) is 1.69. The van der Waals surface area contributed by atoms with E-state index in [4.69, 9.17) is 9.47 Å². The van der Waals surface area contributed by atoms with Gasteiger partial charge in [-0.2, -0.15) is 0 Å². The molecule has 3 fully saturated rings. The second-order valence-corrected chi connectivity index (χ2v) is 12.1. The number of methoxy groups -OCH3 is 2. The van der Waals surface area contributed by atoms with Crippen molar-refractivity contribution in [1.29, 1.82) is 0 Å². The van der Waals surface area contributed by atoms with E-state index >= 15 is 0 Å². The highest BCUT2D eigenvalue weighted by molar-refractivity contribution is 8.00. The number of nitrogens with one attached hydrogen (secondary N) is 1. The largest absolute Gasteiger partial charge is 0.493 e. The standard InChI is InChI=1S/C27H24N2O5S2/c1-33-16-9-8-12(10-17(16)34-2)18-19-14-11-15(22(19)35-24-23(18)36-27(32)28-24)21-20(14)25(30)29(26(21)31)13-6-4-3-5-7-13/h3-10,14-15,18-22H,11H2,1-2H3,(H,28,32)/t14-,15+,18-,19+,20+,21+,22+/m0/s1. The lowest BCUT2D eigenvalue weighted by Gasteiger charge is -2.43. The molecule has 2 aromatic carbocycles. The molecule has 1 aromatic heterocycles. The number of H-pyrrole nitrogens is 1. The number of carbonyl (C=O) groups is 2. The summed E-state index contributed by atoms with van der Waals surface area (Å²) in [5.74, 6) is 0.780. The van der Waals surface area contributed by atoms with Gasteiger partial charge in [-0.15, -0.1) is 11.8 Å². The first-order chi connectivity index (χ1) is 17.5. The fourth-order valence-corrected chi connectivity index (χ4v) is 10.2. The smallest absolute Gasteiger partial charge is 0.305 e. The van der Waals surface area contributed by atoms with Crippen LogP contribution in [-0.4, -0.2) is 36.3 Å². The first-order valence-electron chi connectivity index (χ1n) is 12.1. The van der Waals surface area contributed by atoms with Crippen LogP contribution in [0.2, 0.25) is 0 Å². The molecule has 9 heteroatoms. The summed E-state index contributed by atoms with van der Waals surface area (Å²) in [6, 6.07) is 15.2. The number of para-hydroxylation sites is 1. The van der Waals surface area contributed by atoms with E-state index in [9.17, 15) is 14.4 Å². The monoisotopic (exact) mass is 520 g/mol. The van der Waals surface area contributed by atoms with Gasteiger partial charge in [0.05, 0.1) is 36.8 Å². The van der Waals surface area contributed by atoms with Gasteiger partial charge in [-0.3, -0.25) is 19.3 Å². The van der Waals surface area contributed by atoms with Crippen LogP contribution in [-0.2, 0) is 9.59 Å². The van der Waals surface area contributed by atoms with Crippen LogP contribution in [0.25, 0.3) is 0 Å². The molecule has 2 saturated carbocycles. The molecular formula is C27H24N2O5S2. The van der Waals surface area contributed by atoms with Crippen LogP contribution >= 0.6 is 23.1 Å². The number of thiazole rings is 1. The molecule has 0 radical (unpaired) electrons. The van der Waals surface area contributed by atoms with Crippen molar-refractivity contribution in [2.45, 2.75) is 22.6 Å². The van der Waals surface area contributed by atoms with Crippen LogP contribution in [0.3, 0.4) is 0 Å². The first-order valence-corrected chi connectivity index (χ1v) is 13.8. The number of amides is 2. The molecule has 0 unspecified atom stereocenters. The Kier molecular flexibility index (Phi) is 4.92. The summed E-state index contributed by atoms with van der Waals surface area (Å²) < 4.78 is 11.1. The minimum absolute atomic E-state index is 0.0559. The zero-order chi connectivity index (χ0) is 24.7. The summed E-state index contributed by atoms with van der Waals surface area (Å²) >= 11 is 2.94. The molecule has 0 spiro atoms. The van der Waals surface area contributed by atoms with E-state index in [1.807, 2.05) is 48.5 Å². The maximum atomic E-state index is 13.7. The number of aromatic amines is 1. The lowest BCUT2D eigenvalue weighted by molar-refractivity contribution is -0.123. The van der Waals surface area contributed by atoms with Crippen molar-refractivity contribution in [3.8, 4) is 11.5 Å². The SMILES string of the molecule is COc1ccc([C@@H]2c3sc(=O)[nH]c3S[C@@H]3[C@@H]4C[C@H]([C@H]5C(=O)N(c6ccccc6)C(=O)[C@H]45)[C@H]23)cc1OC. The number of carbonyl (C=O) groups excluding carboxylic acids is 2. The molecule has 3 heterocycles. The van der Waals surface area contributed by atoms with E-state index in [1.165, 1.54) is 16.2 Å². The number of imide groups is 1. The highest BCUT2D eigenvalue weighted by Crippen LogP contribution is 2.68. The van der Waals surface area contributed by atoms with E-state index in [2.05, 4.69) is 4.98 Å². The third-order valence-corrected chi connectivity index (χ3v) is 11.1. The Bertz CT molecular complexity index is 1450. The van der Waals surface area contributed by atoms with Gasteiger partial charge in [-0.1, -0.05) is 35.6 Å². The van der Waals surface area contributed by atoms with Crippen molar-refractivity contribution in [1.82, 2.24) is 4.98 Å². The average Bonchev–Trinajstić information content (AvgIpc) is 3.62. The van der Waals surface area contributed by atoms with Crippen molar-refractivity contribution < 1.29 is 19.1 Å². The molecule has 7 atom stereocenters. The number of nitrogens with zero attached hydrogens (tertiary/aromatic N) is 1. The highest BCUT2D eigenvalue weighted by Gasteiger charge is 2.69. The molecule has 1 saturated heterocycles. The number of ether oxygens (including phenoxy) is 2. The number of aromatic nitrogens is 1. The second kappa shape index (κ2) is 7.98. The lowest BCUT2D eigenvalue weighted by atomic mass is 9.68. The van der Waals surface area contributed by atoms with E-state index in [1.54, 1.807) is 26.0 Å². The highest BCUT2D eigenvalue weighted by atomic mass is 32.2. The Morgan fingerprint density at radius 1 is 0.917 bits per heavy atom. The Hall–Kier alpha value is -3.04.